The Labute approximate surface area is 136 Å². The topological polar surface area (TPSA) is 66.2 Å². The predicted molar refractivity (Wildman–Crippen MR) is 91.5 cm³/mol. The number of para-hydroxylation sites is 1. The monoisotopic (exact) mass is 313 g/mol. The third-order valence-electron chi connectivity index (χ3n) is 4.23. The highest BCUT2D eigenvalue weighted by atomic mass is 16.5. The first-order chi connectivity index (χ1) is 11.3. The summed E-state index contributed by atoms with van der Waals surface area (Å²) in [5.41, 5.74) is 3.94. The van der Waals surface area contributed by atoms with Crippen molar-refractivity contribution in [1.82, 2.24) is 15.6 Å². The van der Waals surface area contributed by atoms with E-state index in [1.807, 2.05) is 0 Å². The molecule has 3 N–H and O–H groups in total. The third kappa shape index (κ3) is 3.56. The molecular formula is C18H23N3O2. The number of nitrogens with one attached hydrogen (secondary N) is 3. The fourth-order valence-electron chi connectivity index (χ4n) is 3.19. The van der Waals surface area contributed by atoms with Crippen LogP contribution in [0, 0.1) is 0 Å². The second-order valence-electron chi connectivity index (χ2n) is 5.78. The minimum Gasteiger partial charge on any atom is -0.445 e. The molecule has 122 valence electrons. The van der Waals surface area contributed by atoms with E-state index in [1.54, 1.807) is 6.08 Å². The first-order valence-corrected chi connectivity index (χ1v) is 8.14. The van der Waals surface area contributed by atoms with E-state index in [0.717, 1.165) is 25.8 Å². The molecule has 0 aliphatic carbocycles. The molecule has 0 bridgehead atoms. The molecule has 1 amide bonds. The van der Waals surface area contributed by atoms with Gasteiger partial charge in [0.2, 0.25) is 0 Å². The quantitative estimate of drug-likeness (QED) is 0.567. The maximum Gasteiger partial charge on any atom is 0.407 e. The SMILES string of the molecule is C=CCOC(=O)NCCC[C@H]1NCCc2c1[nH]c1ccccc21. The summed E-state index contributed by atoms with van der Waals surface area (Å²) < 4.78 is 4.89. The van der Waals surface area contributed by atoms with Gasteiger partial charge >= 0.3 is 6.09 Å². The number of aromatic nitrogens is 1. The number of amides is 1. The molecule has 1 aliphatic rings. The average Bonchev–Trinajstić information content (AvgIpc) is 2.96. The molecule has 0 fully saturated rings. The molecule has 0 spiro atoms. The molecule has 1 atom stereocenters. The van der Waals surface area contributed by atoms with Crippen molar-refractivity contribution < 1.29 is 9.53 Å². The molecule has 0 saturated heterocycles. The normalized spacial score (nSPS) is 16.8. The van der Waals surface area contributed by atoms with E-state index < -0.39 is 0 Å². The number of hydrogen-bond acceptors (Lipinski definition) is 3. The molecule has 1 aliphatic heterocycles. The van der Waals surface area contributed by atoms with Crippen molar-refractivity contribution in [3.8, 4) is 0 Å². The Kier molecular flexibility index (Phi) is 4.98. The van der Waals surface area contributed by atoms with Gasteiger partial charge in [-0.15, -0.1) is 0 Å². The molecule has 3 rings (SSSR count). The van der Waals surface area contributed by atoms with Gasteiger partial charge in [0.15, 0.2) is 0 Å². The van der Waals surface area contributed by atoms with Crippen LogP contribution in [0.2, 0.25) is 0 Å². The number of hydrogen-bond donors (Lipinski definition) is 3. The van der Waals surface area contributed by atoms with Gasteiger partial charge in [-0.25, -0.2) is 4.79 Å². The summed E-state index contributed by atoms with van der Waals surface area (Å²) in [6.45, 7) is 5.37. The van der Waals surface area contributed by atoms with E-state index in [4.69, 9.17) is 4.74 Å². The number of carbonyl (C=O) groups is 1. The number of H-pyrrole nitrogens is 1. The first-order valence-electron chi connectivity index (χ1n) is 8.14. The number of aromatic amines is 1. The number of carbonyl (C=O) groups excluding carboxylic acids is 1. The van der Waals surface area contributed by atoms with Crippen molar-refractivity contribution in [2.24, 2.45) is 0 Å². The van der Waals surface area contributed by atoms with Crippen molar-refractivity contribution in [1.29, 1.82) is 0 Å². The van der Waals surface area contributed by atoms with Gasteiger partial charge in [-0.3, -0.25) is 0 Å². The predicted octanol–water partition coefficient (Wildman–Crippen LogP) is 3.05. The molecule has 2 aromatic rings. The van der Waals surface area contributed by atoms with Gasteiger partial charge < -0.3 is 20.4 Å². The molecule has 23 heavy (non-hydrogen) atoms. The number of rotatable bonds is 6. The lowest BCUT2D eigenvalue weighted by atomic mass is 9.96. The lowest BCUT2D eigenvalue weighted by Gasteiger charge is -2.24. The highest BCUT2D eigenvalue weighted by Gasteiger charge is 2.23. The average molecular weight is 313 g/mol. The Hall–Kier alpha value is -2.27. The summed E-state index contributed by atoms with van der Waals surface area (Å²) in [6.07, 6.45) is 4.11. The summed E-state index contributed by atoms with van der Waals surface area (Å²) in [5, 5.41) is 7.66. The number of benzene rings is 1. The smallest absolute Gasteiger partial charge is 0.407 e. The Morgan fingerprint density at radius 2 is 2.30 bits per heavy atom. The van der Waals surface area contributed by atoms with Crippen molar-refractivity contribution >= 4 is 17.0 Å². The highest BCUT2D eigenvalue weighted by molar-refractivity contribution is 5.85. The van der Waals surface area contributed by atoms with E-state index in [0.29, 0.717) is 12.6 Å². The molecule has 0 radical (unpaired) electrons. The fourth-order valence-corrected chi connectivity index (χ4v) is 3.19. The van der Waals surface area contributed by atoms with E-state index >= 15 is 0 Å². The summed E-state index contributed by atoms with van der Waals surface area (Å²) >= 11 is 0. The Bertz CT molecular complexity index is 693. The van der Waals surface area contributed by atoms with Crippen molar-refractivity contribution in [2.75, 3.05) is 19.7 Å². The van der Waals surface area contributed by atoms with E-state index in [1.165, 1.54) is 22.2 Å². The molecule has 5 heteroatoms. The minimum absolute atomic E-state index is 0.244. The summed E-state index contributed by atoms with van der Waals surface area (Å²) in [5.74, 6) is 0. The van der Waals surface area contributed by atoms with Crippen LogP contribution in [0.3, 0.4) is 0 Å². The van der Waals surface area contributed by atoms with E-state index in [-0.39, 0.29) is 12.7 Å². The zero-order chi connectivity index (χ0) is 16.1. The largest absolute Gasteiger partial charge is 0.445 e. The molecule has 2 heterocycles. The highest BCUT2D eigenvalue weighted by Crippen LogP contribution is 2.31. The van der Waals surface area contributed by atoms with Crippen molar-refractivity contribution in [3.63, 3.8) is 0 Å². The van der Waals surface area contributed by atoms with Crippen LogP contribution in [0.15, 0.2) is 36.9 Å². The van der Waals surface area contributed by atoms with Crippen LogP contribution in [-0.2, 0) is 11.2 Å². The number of ether oxygens (including phenoxy) is 1. The van der Waals surface area contributed by atoms with Crippen LogP contribution >= 0.6 is 0 Å². The lowest BCUT2D eigenvalue weighted by molar-refractivity contribution is 0.158. The van der Waals surface area contributed by atoms with Gasteiger partial charge in [-0.1, -0.05) is 30.9 Å². The zero-order valence-electron chi connectivity index (χ0n) is 13.2. The maximum atomic E-state index is 11.4. The second-order valence-corrected chi connectivity index (χ2v) is 5.78. The molecule has 1 aromatic heterocycles. The van der Waals surface area contributed by atoms with Crippen LogP contribution < -0.4 is 10.6 Å². The minimum atomic E-state index is -0.382. The molecular weight excluding hydrogens is 290 g/mol. The van der Waals surface area contributed by atoms with Gasteiger partial charge in [0.25, 0.3) is 0 Å². The van der Waals surface area contributed by atoms with E-state index in [9.17, 15) is 4.79 Å². The molecule has 0 saturated carbocycles. The van der Waals surface area contributed by atoms with Crippen LogP contribution in [0.5, 0.6) is 0 Å². The van der Waals surface area contributed by atoms with Gasteiger partial charge in [-0.05, 0) is 37.4 Å². The zero-order valence-corrected chi connectivity index (χ0v) is 13.2. The lowest BCUT2D eigenvalue weighted by Crippen LogP contribution is -2.31. The standard InChI is InChI=1S/C18H23N3O2/c1-2-12-23-18(22)20-10-5-8-16-17-14(9-11-19-16)13-6-3-4-7-15(13)21-17/h2-4,6-7,16,19,21H,1,5,8-12H2,(H,20,22)/t16-/m1/s1. The number of alkyl carbamates (subject to hydrolysis) is 1. The first kappa shape index (κ1) is 15.6. The van der Waals surface area contributed by atoms with Crippen LogP contribution in [0.1, 0.15) is 30.1 Å². The Morgan fingerprint density at radius 1 is 1.43 bits per heavy atom. The van der Waals surface area contributed by atoms with Gasteiger partial charge in [0, 0.05) is 29.2 Å². The van der Waals surface area contributed by atoms with Gasteiger partial charge in [-0.2, -0.15) is 0 Å². The van der Waals surface area contributed by atoms with Gasteiger partial charge in [0.05, 0.1) is 0 Å². The number of fused-ring (bicyclic) bond motifs is 3. The van der Waals surface area contributed by atoms with Crippen LogP contribution in [0.25, 0.3) is 10.9 Å². The van der Waals surface area contributed by atoms with E-state index in [2.05, 4.69) is 46.5 Å². The second kappa shape index (κ2) is 7.33. The summed E-state index contributed by atoms with van der Waals surface area (Å²) in [6, 6.07) is 8.78. The third-order valence-corrected chi connectivity index (χ3v) is 4.23. The Morgan fingerprint density at radius 3 is 3.17 bits per heavy atom. The Balaban J connectivity index is 1.56. The van der Waals surface area contributed by atoms with Crippen LogP contribution in [-0.4, -0.2) is 30.8 Å². The summed E-state index contributed by atoms with van der Waals surface area (Å²) in [4.78, 5) is 14.9. The summed E-state index contributed by atoms with van der Waals surface area (Å²) in [7, 11) is 0. The fraction of sp³-hybridized carbons (Fsp3) is 0.389. The van der Waals surface area contributed by atoms with Gasteiger partial charge in [0.1, 0.15) is 6.61 Å². The van der Waals surface area contributed by atoms with Crippen molar-refractivity contribution in [2.45, 2.75) is 25.3 Å². The molecule has 0 unspecified atom stereocenters. The van der Waals surface area contributed by atoms with Crippen molar-refractivity contribution in [3.05, 3.63) is 48.2 Å². The molecule has 1 aromatic carbocycles. The van der Waals surface area contributed by atoms with Crippen LogP contribution in [0.4, 0.5) is 4.79 Å². The molecule has 5 nitrogen and oxygen atoms in total. The maximum absolute atomic E-state index is 11.4.